The Morgan fingerprint density at radius 1 is 1.50 bits per heavy atom. The average Bonchev–Trinajstić information content (AvgIpc) is 2.79. The number of nitrogens with two attached hydrogens (primary N) is 1. The summed E-state index contributed by atoms with van der Waals surface area (Å²) in [7, 11) is 0. The summed E-state index contributed by atoms with van der Waals surface area (Å²) in [5, 5.41) is 2.80. The maximum Gasteiger partial charge on any atom is 0.271 e. The highest BCUT2D eigenvalue weighted by Gasteiger charge is 2.33. The van der Waals surface area contributed by atoms with Crippen molar-refractivity contribution in [1.29, 1.82) is 0 Å². The lowest BCUT2D eigenvalue weighted by Crippen LogP contribution is -2.57. The molecule has 2 amide bonds. The third kappa shape index (κ3) is 2.64. The smallest absolute Gasteiger partial charge is 0.271 e. The minimum Gasteiger partial charge on any atom is -0.397 e. The fourth-order valence-electron chi connectivity index (χ4n) is 2.65. The fourth-order valence-corrected chi connectivity index (χ4v) is 2.65. The first-order valence-corrected chi connectivity index (χ1v) is 7.12. The van der Waals surface area contributed by atoms with Crippen LogP contribution in [0, 0.1) is 0 Å². The van der Waals surface area contributed by atoms with E-state index >= 15 is 0 Å². The quantitative estimate of drug-likeness (QED) is 0.856. The first-order chi connectivity index (χ1) is 9.58. The van der Waals surface area contributed by atoms with E-state index < -0.39 is 0 Å². The van der Waals surface area contributed by atoms with Crippen LogP contribution in [0.25, 0.3) is 0 Å². The zero-order chi connectivity index (χ0) is 14.7. The van der Waals surface area contributed by atoms with Crippen molar-refractivity contribution in [3.05, 3.63) is 18.0 Å². The zero-order valence-electron chi connectivity index (χ0n) is 12.1. The van der Waals surface area contributed by atoms with E-state index in [0.29, 0.717) is 30.9 Å². The lowest BCUT2D eigenvalue weighted by atomic mass is 10.1. The Morgan fingerprint density at radius 3 is 2.90 bits per heavy atom. The Hall–Kier alpha value is -1.98. The largest absolute Gasteiger partial charge is 0.397 e. The highest BCUT2D eigenvalue weighted by molar-refractivity contribution is 5.97. The van der Waals surface area contributed by atoms with Crippen molar-refractivity contribution in [2.45, 2.75) is 39.3 Å². The molecule has 110 valence electrons. The number of carbonyl (C=O) groups excluding carboxylic acids is 2. The van der Waals surface area contributed by atoms with Gasteiger partial charge in [0.2, 0.25) is 5.91 Å². The van der Waals surface area contributed by atoms with Crippen molar-refractivity contribution in [3.8, 4) is 0 Å². The molecule has 1 aliphatic rings. The molecule has 20 heavy (non-hydrogen) atoms. The Balaban J connectivity index is 2.27. The third-order valence-corrected chi connectivity index (χ3v) is 3.58. The SMILES string of the molecule is CCCn1cc(N)cc1C(=O)N1CCNC(=O)C1CC. The van der Waals surface area contributed by atoms with Crippen LogP contribution in [0.1, 0.15) is 37.2 Å². The summed E-state index contributed by atoms with van der Waals surface area (Å²) in [6, 6.07) is 1.31. The Morgan fingerprint density at radius 2 is 2.25 bits per heavy atom. The van der Waals surface area contributed by atoms with Crippen LogP contribution in [0.2, 0.25) is 0 Å². The van der Waals surface area contributed by atoms with Gasteiger partial charge in [-0.25, -0.2) is 0 Å². The van der Waals surface area contributed by atoms with Crippen LogP contribution in [-0.2, 0) is 11.3 Å². The van der Waals surface area contributed by atoms with Crippen LogP contribution in [0.5, 0.6) is 0 Å². The van der Waals surface area contributed by atoms with E-state index in [1.165, 1.54) is 0 Å². The number of nitrogen functional groups attached to an aromatic ring is 1. The van der Waals surface area contributed by atoms with Gasteiger partial charge in [0.1, 0.15) is 11.7 Å². The summed E-state index contributed by atoms with van der Waals surface area (Å²) in [6.07, 6.45) is 3.31. The Labute approximate surface area is 118 Å². The number of aromatic nitrogens is 1. The molecule has 0 radical (unpaired) electrons. The lowest BCUT2D eigenvalue weighted by Gasteiger charge is -2.34. The number of hydrogen-bond donors (Lipinski definition) is 2. The first kappa shape index (κ1) is 14.4. The van der Waals surface area contributed by atoms with Crippen LogP contribution in [0.15, 0.2) is 12.3 Å². The predicted octanol–water partition coefficient (Wildman–Crippen LogP) is 0.831. The van der Waals surface area contributed by atoms with Crippen LogP contribution >= 0.6 is 0 Å². The first-order valence-electron chi connectivity index (χ1n) is 7.12. The van der Waals surface area contributed by atoms with E-state index in [1.807, 2.05) is 18.4 Å². The zero-order valence-corrected chi connectivity index (χ0v) is 12.1. The summed E-state index contributed by atoms with van der Waals surface area (Å²) in [5.74, 6) is -0.189. The highest BCUT2D eigenvalue weighted by Crippen LogP contribution is 2.17. The molecule has 0 spiro atoms. The van der Waals surface area contributed by atoms with Gasteiger partial charge in [-0.1, -0.05) is 13.8 Å². The molecular weight excluding hydrogens is 256 g/mol. The number of amides is 2. The number of rotatable bonds is 4. The van der Waals surface area contributed by atoms with Gasteiger partial charge in [0.15, 0.2) is 0 Å². The molecule has 1 saturated heterocycles. The third-order valence-electron chi connectivity index (χ3n) is 3.58. The molecule has 3 N–H and O–H groups in total. The fraction of sp³-hybridized carbons (Fsp3) is 0.571. The Kier molecular flexibility index (Phi) is 4.32. The number of nitrogens with zero attached hydrogens (tertiary/aromatic N) is 2. The standard InChI is InChI=1S/C14H22N4O2/c1-3-6-17-9-10(15)8-12(17)14(20)18-7-5-16-13(19)11(18)4-2/h8-9,11H,3-7,15H2,1-2H3,(H,16,19). The summed E-state index contributed by atoms with van der Waals surface area (Å²) in [4.78, 5) is 26.2. The van der Waals surface area contributed by atoms with Gasteiger partial charge in [-0.05, 0) is 18.9 Å². The summed E-state index contributed by atoms with van der Waals surface area (Å²) in [5.41, 5.74) is 6.95. The van der Waals surface area contributed by atoms with Crippen molar-refractivity contribution in [2.24, 2.45) is 0 Å². The van der Waals surface area contributed by atoms with Gasteiger partial charge in [0.05, 0.1) is 5.69 Å². The average molecular weight is 278 g/mol. The maximum atomic E-state index is 12.7. The number of hydrogen-bond acceptors (Lipinski definition) is 3. The van der Waals surface area contributed by atoms with Crippen molar-refractivity contribution < 1.29 is 9.59 Å². The normalized spacial score (nSPS) is 19.0. The minimum atomic E-state index is -0.387. The topological polar surface area (TPSA) is 80.4 Å². The lowest BCUT2D eigenvalue weighted by molar-refractivity contribution is -0.127. The van der Waals surface area contributed by atoms with E-state index in [0.717, 1.165) is 13.0 Å². The molecule has 2 heterocycles. The van der Waals surface area contributed by atoms with Gasteiger partial charge in [0, 0.05) is 25.8 Å². The molecule has 1 aliphatic heterocycles. The molecule has 1 atom stereocenters. The van der Waals surface area contributed by atoms with Crippen LogP contribution < -0.4 is 11.1 Å². The second-order valence-electron chi connectivity index (χ2n) is 5.07. The van der Waals surface area contributed by atoms with E-state index in [9.17, 15) is 9.59 Å². The van der Waals surface area contributed by atoms with E-state index in [2.05, 4.69) is 5.32 Å². The minimum absolute atomic E-state index is 0.0753. The number of nitrogens with one attached hydrogen (secondary N) is 1. The van der Waals surface area contributed by atoms with E-state index in [4.69, 9.17) is 5.73 Å². The van der Waals surface area contributed by atoms with Crippen LogP contribution in [-0.4, -0.2) is 40.4 Å². The summed E-state index contributed by atoms with van der Waals surface area (Å²) < 4.78 is 1.87. The van der Waals surface area contributed by atoms with Crippen LogP contribution in [0.4, 0.5) is 5.69 Å². The maximum absolute atomic E-state index is 12.7. The second kappa shape index (κ2) is 5.98. The predicted molar refractivity (Wildman–Crippen MR) is 77.3 cm³/mol. The number of piperazine rings is 1. The van der Waals surface area contributed by atoms with Crippen molar-refractivity contribution in [3.63, 3.8) is 0 Å². The number of aryl methyl sites for hydroxylation is 1. The summed E-state index contributed by atoms with van der Waals surface area (Å²) in [6.45, 7) is 5.75. The molecular formula is C14H22N4O2. The monoisotopic (exact) mass is 278 g/mol. The van der Waals surface area contributed by atoms with Gasteiger partial charge in [-0.2, -0.15) is 0 Å². The van der Waals surface area contributed by atoms with E-state index in [-0.39, 0.29) is 17.9 Å². The van der Waals surface area contributed by atoms with Gasteiger partial charge >= 0.3 is 0 Å². The van der Waals surface area contributed by atoms with Crippen molar-refractivity contribution in [2.75, 3.05) is 18.8 Å². The molecule has 2 rings (SSSR count). The number of carbonyl (C=O) groups is 2. The molecule has 1 fully saturated rings. The van der Waals surface area contributed by atoms with Gasteiger partial charge < -0.3 is 20.5 Å². The molecule has 6 nitrogen and oxygen atoms in total. The Bertz CT molecular complexity index is 509. The van der Waals surface area contributed by atoms with E-state index in [1.54, 1.807) is 17.2 Å². The van der Waals surface area contributed by atoms with Crippen molar-refractivity contribution in [1.82, 2.24) is 14.8 Å². The van der Waals surface area contributed by atoms with Crippen LogP contribution in [0.3, 0.4) is 0 Å². The molecule has 0 bridgehead atoms. The second-order valence-corrected chi connectivity index (χ2v) is 5.07. The van der Waals surface area contributed by atoms with Gasteiger partial charge in [0.25, 0.3) is 5.91 Å². The van der Waals surface area contributed by atoms with Crippen molar-refractivity contribution >= 4 is 17.5 Å². The molecule has 0 aromatic carbocycles. The van der Waals surface area contributed by atoms with Gasteiger partial charge in [-0.15, -0.1) is 0 Å². The molecule has 0 saturated carbocycles. The molecule has 6 heteroatoms. The molecule has 1 unspecified atom stereocenters. The molecule has 1 aromatic rings. The summed E-state index contributed by atoms with van der Waals surface area (Å²) >= 11 is 0. The molecule has 0 aliphatic carbocycles. The highest BCUT2D eigenvalue weighted by atomic mass is 16.2. The number of anilines is 1. The van der Waals surface area contributed by atoms with Gasteiger partial charge in [-0.3, -0.25) is 9.59 Å². The molecule has 1 aromatic heterocycles.